The molecule has 3 heterocycles. The van der Waals surface area contributed by atoms with Gasteiger partial charge < -0.3 is 18.8 Å². The Hall–Kier alpha value is -3.80. The van der Waals surface area contributed by atoms with Gasteiger partial charge in [-0.15, -0.1) is 0 Å². The van der Waals surface area contributed by atoms with Crippen molar-refractivity contribution in [2.45, 2.75) is 6.54 Å². The van der Waals surface area contributed by atoms with E-state index in [4.69, 9.17) is 18.9 Å². The van der Waals surface area contributed by atoms with Crippen LogP contribution in [0.2, 0.25) is 0 Å². The Labute approximate surface area is 173 Å². The Morgan fingerprint density at radius 1 is 1.00 bits per heavy atom. The van der Waals surface area contributed by atoms with E-state index in [1.54, 1.807) is 4.90 Å². The summed E-state index contributed by atoms with van der Waals surface area (Å²) in [4.78, 5) is 18.9. The summed E-state index contributed by atoms with van der Waals surface area (Å²) in [7, 11) is 0. The third-order valence-corrected chi connectivity index (χ3v) is 5.03. The zero-order valence-electron chi connectivity index (χ0n) is 16.3. The molecule has 4 aromatic rings. The fraction of sp³-hybridized carbons (Fsp3) is 0.167. The van der Waals surface area contributed by atoms with Gasteiger partial charge in [0.2, 0.25) is 0 Å². The highest BCUT2D eigenvalue weighted by molar-refractivity contribution is 5.82. The molecule has 30 heavy (non-hydrogen) atoms. The van der Waals surface area contributed by atoms with Crippen molar-refractivity contribution in [1.82, 2.24) is 9.88 Å². The van der Waals surface area contributed by atoms with Gasteiger partial charge in [-0.2, -0.15) is 0 Å². The van der Waals surface area contributed by atoms with E-state index in [0.717, 1.165) is 16.7 Å². The van der Waals surface area contributed by atoms with Gasteiger partial charge in [-0.3, -0.25) is 4.79 Å². The molecular formula is C24H20N2O4. The van der Waals surface area contributed by atoms with Gasteiger partial charge >= 0.3 is 0 Å². The molecule has 0 unspecified atom stereocenters. The van der Waals surface area contributed by atoms with Gasteiger partial charge in [-0.05, 0) is 36.4 Å². The van der Waals surface area contributed by atoms with E-state index in [9.17, 15) is 4.79 Å². The number of carbonyl (C=O) groups excluding carboxylic acids is 1. The molecule has 0 atom stereocenters. The first-order chi connectivity index (χ1) is 14.8. The number of rotatable bonds is 5. The lowest BCUT2D eigenvalue weighted by Gasteiger charge is -2.19. The van der Waals surface area contributed by atoms with E-state index in [2.05, 4.69) is 0 Å². The molecule has 0 saturated carbocycles. The second-order valence-electron chi connectivity index (χ2n) is 7.06. The van der Waals surface area contributed by atoms with Crippen LogP contribution in [-0.2, 0) is 11.3 Å². The van der Waals surface area contributed by atoms with Crippen LogP contribution in [-0.4, -0.2) is 35.5 Å². The molecule has 0 bridgehead atoms. The topological polar surface area (TPSA) is 64.8 Å². The largest absolute Gasteiger partial charge is 0.492 e. The average Bonchev–Trinajstić information content (AvgIpc) is 3.15. The van der Waals surface area contributed by atoms with Crippen molar-refractivity contribution in [2.24, 2.45) is 0 Å². The van der Waals surface area contributed by atoms with Gasteiger partial charge in [0.1, 0.15) is 35.1 Å². The van der Waals surface area contributed by atoms with E-state index in [1.165, 1.54) is 0 Å². The minimum absolute atomic E-state index is 0.00992. The predicted octanol–water partition coefficient (Wildman–Crippen LogP) is 4.29. The Bertz CT molecular complexity index is 1150. The number of hydrogen-bond donors (Lipinski definition) is 0. The molecule has 0 saturated heterocycles. The second-order valence-corrected chi connectivity index (χ2v) is 7.06. The van der Waals surface area contributed by atoms with Crippen molar-refractivity contribution >= 4 is 16.9 Å². The van der Waals surface area contributed by atoms with Crippen LogP contribution in [0.5, 0.6) is 11.5 Å². The van der Waals surface area contributed by atoms with Crippen LogP contribution in [0.3, 0.4) is 0 Å². The molecule has 6 heteroatoms. The van der Waals surface area contributed by atoms with Gasteiger partial charge in [0.25, 0.3) is 5.91 Å². The van der Waals surface area contributed by atoms with Gasteiger partial charge in [0.15, 0.2) is 12.4 Å². The molecule has 2 aromatic carbocycles. The zero-order valence-corrected chi connectivity index (χ0v) is 16.3. The minimum Gasteiger partial charge on any atom is -0.492 e. The van der Waals surface area contributed by atoms with E-state index < -0.39 is 0 Å². The number of hydrogen-bond acceptors (Lipinski definition) is 5. The van der Waals surface area contributed by atoms with Crippen LogP contribution >= 0.6 is 0 Å². The lowest BCUT2D eigenvalue weighted by Crippen LogP contribution is -2.35. The van der Waals surface area contributed by atoms with Gasteiger partial charge in [-0.1, -0.05) is 36.4 Å². The maximum absolute atomic E-state index is 12.5. The Morgan fingerprint density at radius 3 is 2.70 bits per heavy atom. The third-order valence-electron chi connectivity index (χ3n) is 5.03. The molecule has 2 aromatic heterocycles. The van der Waals surface area contributed by atoms with Crippen LogP contribution in [0.15, 0.2) is 77.2 Å². The monoisotopic (exact) mass is 400 g/mol. The first kappa shape index (κ1) is 18.2. The molecule has 5 rings (SSSR count). The van der Waals surface area contributed by atoms with E-state index in [-0.39, 0.29) is 12.5 Å². The van der Waals surface area contributed by atoms with Crippen molar-refractivity contribution in [1.29, 1.82) is 0 Å². The zero-order chi connectivity index (χ0) is 20.3. The van der Waals surface area contributed by atoms with Crippen molar-refractivity contribution in [3.05, 3.63) is 78.5 Å². The molecule has 0 fully saturated rings. The van der Waals surface area contributed by atoms with Crippen LogP contribution in [0.4, 0.5) is 0 Å². The van der Waals surface area contributed by atoms with Crippen molar-refractivity contribution < 1.29 is 18.7 Å². The summed E-state index contributed by atoms with van der Waals surface area (Å²) in [5, 5.41) is 1.02. The van der Waals surface area contributed by atoms with E-state index in [1.807, 2.05) is 72.8 Å². The summed E-state index contributed by atoms with van der Waals surface area (Å²) in [5.74, 6) is 2.00. The van der Waals surface area contributed by atoms with E-state index in [0.29, 0.717) is 42.6 Å². The van der Waals surface area contributed by atoms with Crippen LogP contribution in [0.1, 0.15) is 5.69 Å². The van der Waals surface area contributed by atoms with Crippen LogP contribution in [0, 0.1) is 0 Å². The Kier molecular flexibility index (Phi) is 4.81. The van der Waals surface area contributed by atoms with Gasteiger partial charge in [-0.25, -0.2) is 4.98 Å². The summed E-state index contributed by atoms with van der Waals surface area (Å²) in [5.41, 5.74) is 2.23. The highest BCUT2D eigenvalue weighted by Gasteiger charge is 2.23. The number of para-hydroxylation sites is 2. The number of amides is 1. The minimum atomic E-state index is -0.0880. The lowest BCUT2D eigenvalue weighted by atomic mass is 10.2. The highest BCUT2D eigenvalue weighted by atomic mass is 16.5. The predicted molar refractivity (Wildman–Crippen MR) is 112 cm³/mol. The van der Waals surface area contributed by atoms with Crippen molar-refractivity contribution in [3.63, 3.8) is 0 Å². The molecule has 1 amide bonds. The van der Waals surface area contributed by atoms with Gasteiger partial charge in [0, 0.05) is 5.39 Å². The highest BCUT2D eigenvalue weighted by Crippen LogP contribution is 2.30. The Morgan fingerprint density at radius 2 is 1.83 bits per heavy atom. The Balaban J connectivity index is 1.35. The fourth-order valence-electron chi connectivity index (χ4n) is 3.47. The number of furan rings is 1. The van der Waals surface area contributed by atoms with Gasteiger partial charge in [0.05, 0.1) is 13.1 Å². The summed E-state index contributed by atoms with van der Waals surface area (Å²) in [6, 6.07) is 23.1. The lowest BCUT2D eigenvalue weighted by molar-refractivity contribution is -0.133. The van der Waals surface area contributed by atoms with Crippen molar-refractivity contribution in [2.75, 3.05) is 19.8 Å². The first-order valence-electron chi connectivity index (χ1n) is 9.83. The standard InChI is InChI=1S/C24H20N2O4/c27-24-16-29-22-11-10-19(23-14-17-6-4-5-9-21(17)30-23)25-20(22)15-26(24)12-13-28-18-7-2-1-3-8-18/h1-11,14H,12-13,15-16H2. The number of ether oxygens (including phenoxy) is 2. The number of carbonyl (C=O) groups is 1. The number of nitrogens with zero attached hydrogens (tertiary/aromatic N) is 2. The second kappa shape index (κ2) is 7.91. The molecule has 0 radical (unpaired) electrons. The van der Waals surface area contributed by atoms with Crippen LogP contribution in [0.25, 0.3) is 22.4 Å². The molecule has 0 spiro atoms. The third kappa shape index (κ3) is 3.72. The quantitative estimate of drug-likeness (QED) is 0.500. The molecule has 1 aliphatic rings. The number of benzene rings is 2. The van der Waals surface area contributed by atoms with E-state index >= 15 is 0 Å². The SMILES string of the molecule is O=C1COc2ccc(-c3cc4ccccc4o3)nc2CN1CCOc1ccccc1. The summed E-state index contributed by atoms with van der Waals surface area (Å²) < 4.78 is 17.4. The summed E-state index contributed by atoms with van der Waals surface area (Å²) in [6.07, 6.45) is 0. The smallest absolute Gasteiger partial charge is 0.260 e. The number of fused-ring (bicyclic) bond motifs is 2. The molecular weight excluding hydrogens is 380 g/mol. The maximum Gasteiger partial charge on any atom is 0.260 e. The fourth-order valence-corrected chi connectivity index (χ4v) is 3.47. The summed E-state index contributed by atoms with van der Waals surface area (Å²) in [6.45, 7) is 1.20. The number of aromatic nitrogens is 1. The van der Waals surface area contributed by atoms with Crippen molar-refractivity contribution in [3.8, 4) is 23.0 Å². The van der Waals surface area contributed by atoms with Crippen LogP contribution < -0.4 is 9.47 Å². The maximum atomic E-state index is 12.5. The molecule has 0 N–H and O–H groups in total. The first-order valence-corrected chi connectivity index (χ1v) is 9.83. The number of pyridine rings is 1. The summed E-state index contributed by atoms with van der Waals surface area (Å²) >= 11 is 0. The average molecular weight is 400 g/mol. The molecule has 6 nitrogen and oxygen atoms in total. The molecule has 0 aliphatic carbocycles. The molecule has 1 aliphatic heterocycles. The molecule has 150 valence electrons. The normalized spacial score (nSPS) is 13.6.